The Balaban J connectivity index is 2.16. The van der Waals surface area contributed by atoms with Crippen LogP contribution >= 0.6 is 34.7 Å². The first-order valence-corrected chi connectivity index (χ1v) is 7.18. The van der Waals surface area contributed by atoms with Crippen LogP contribution in [0, 0.1) is 0 Å². The number of hydrogen-bond acceptors (Lipinski definition) is 4. The Morgan fingerprint density at radius 2 is 2.17 bits per heavy atom. The van der Waals surface area contributed by atoms with E-state index in [4.69, 9.17) is 23.2 Å². The average molecular weight is 302 g/mol. The first kappa shape index (κ1) is 13.7. The molecule has 1 aromatic carbocycles. The van der Waals surface area contributed by atoms with Crippen molar-refractivity contribution >= 4 is 34.7 Å². The van der Waals surface area contributed by atoms with Crippen molar-refractivity contribution in [3.05, 3.63) is 44.9 Å². The van der Waals surface area contributed by atoms with Gasteiger partial charge in [-0.15, -0.1) is 5.10 Å². The Labute approximate surface area is 120 Å². The maximum absolute atomic E-state index is 6.02. The van der Waals surface area contributed by atoms with E-state index in [9.17, 15) is 0 Å². The van der Waals surface area contributed by atoms with Gasteiger partial charge in [0.1, 0.15) is 0 Å². The number of hydrogen-bond donors (Lipinski definition) is 1. The van der Waals surface area contributed by atoms with Gasteiger partial charge in [-0.1, -0.05) is 40.7 Å². The monoisotopic (exact) mass is 301 g/mol. The van der Waals surface area contributed by atoms with E-state index in [-0.39, 0.29) is 6.04 Å². The summed E-state index contributed by atoms with van der Waals surface area (Å²) in [4.78, 5) is 1.13. The second kappa shape index (κ2) is 6.48. The molecule has 0 spiro atoms. The molecule has 18 heavy (non-hydrogen) atoms. The molecule has 1 heterocycles. The zero-order valence-corrected chi connectivity index (χ0v) is 12.2. The molecule has 0 radical (unpaired) electrons. The van der Waals surface area contributed by atoms with E-state index in [2.05, 4.69) is 21.8 Å². The minimum absolute atomic E-state index is 0.215. The third-order valence-electron chi connectivity index (χ3n) is 2.60. The van der Waals surface area contributed by atoms with E-state index in [1.807, 2.05) is 18.2 Å². The zero-order chi connectivity index (χ0) is 13.0. The SMILES string of the molecule is CCNC(Cc1ccc(Cl)c(Cl)c1)c1cnns1. The van der Waals surface area contributed by atoms with Crippen LogP contribution in [0.4, 0.5) is 0 Å². The van der Waals surface area contributed by atoms with Gasteiger partial charge in [0.25, 0.3) is 0 Å². The highest BCUT2D eigenvalue weighted by Crippen LogP contribution is 2.26. The summed E-state index contributed by atoms with van der Waals surface area (Å²) in [6.07, 6.45) is 2.64. The summed E-state index contributed by atoms with van der Waals surface area (Å²) in [5, 5.41) is 8.47. The number of likely N-dealkylation sites (N-methyl/N-ethyl adjacent to an activating group) is 1. The van der Waals surface area contributed by atoms with E-state index in [0.717, 1.165) is 23.4 Å². The van der Waals surface area contributed by atoms with Gasteiger partial charge in [-0.3, -0.25) is 0 Å². The van der Waals surface area contributed by atoms with Gasteiger partial charge in [-0.05, 0) is 42.2 Å². The molecule has 0 saturated carbocycles. The molecule has 1 N–H and O–H groups in total. The molecule has 0 aliphatic rings. The molecule has 1 aromatic heterocycles. The minimum atomic E-state index is 0.215. The first-order chi connectivity index (χ1) is 8.70. The number of nitrogens with one attached hydrogen (secondary N) is 1. The van der Waals surface area contributed by atoms with Crippen molar-refractivity contribution in [2.75, 3.05) is 6.54 Å². The summed E-state index contributed by atoms with van der Waals surface area (Å²) in [6, 6.07) is 5.94. The number of aromatic nitrogens is 2. The highest BCUT2D eigenvalue weighted by atomic mass is 35.5. The fourth-order valence-corrected chi connectivity index (χ4v) is 2.65. The Bertz CT molecular complexity index is 502. The van der Waals surface area contributed by atoms with Gasteiger partial charge < -0.3 is 5.32 Å². The molecular weight excluding hydrogens is 289 g/mol. The van der Waals surface area contributed by atoms with Crippen LogP contribution < -0.4 is 5.32 Å². The lowest BCUT2D eigenvalue weighted by Crippen LogP contribution is -2.22. The summed E-state index contributed by atoms with van der Waals surface area (Å²) in [5.74, 6) is 0. The second-order valence-corrected chi connectivity index (χ2v) is 5.51. The first-order valence-electron chi connectivity index (χ1n) is 5.65. The quantitative estimate of drug-likeness (QED) is 0.914. The maximum atomic E-state index is 6.02. The van der Waals surface area contributed by atoms with Gasteiger partial charge in [0.2, 0.25) is 0 Å². The lowest BCUT2D eigenvalue weighted by atomic mass is 10.1. The van der Waals surface area contributed by atoms with Crippen molar-refractivity contribution in [3.8, 4) is 0 Å². The second-order valence-electron chi connectivity index (χ2n) is 3.88. The van der Waals surface area contributed by atoms with Crippen molar-refractivity contribution < 1.29 is 0 Å². The molecule has 0 aliphatic heterocycles. The fraction of sp³-hybridized carbons (Fsp3) is 0.333. The highest BCUT2D eigenvalue weighted by molar-refractivity contribution is 7.05. The Kier molecular flexibility index (Phi) is 4.95. The van der Waals surface area contributed by atoms with Gasteiger partial charge in [-0.25, -0.2) is 0 Å². The van der Waals surface area contributed by atoms with Gasteiger partial charge in [0.15, 0.2) is 0 Å². The Morgan fingerprint density at radius 3 is 2.78 bits per heavy atom. The van der Waals surface area contributed by atoms with Gasteiger partial charge in [0.05, 0.1) is 21.1 Å². The molecule has 3 nitrogen and oxygen atoms in total. The predicted octanol–water partition coefficient (Wildman–Crippen LogP) is 3.74. The van der Waals surface area contributed by atoms with Crippen molar-refractivity contribution in [1.29, 1.82) is 0 Å². The van der Waals surface area contributed by atoms with E-state index < -0.39 is 0 Å². The van der Waals surface area contributed by atoms with Crippen molar-refractivity contribution in [3.63, 3.8) is 0 Å². The molecular formula is C12H13Cl2N3S. The molecule has 0 aliphatic carbocycles. The van der Waals surface area contributed by atoms with Crippen LogP contribution in [-0.4, -0.2) is 16.1 Å². The number of rotatable bonds is 5. The van der Waals surface area contributed by atoms with Gasteiger partial charge in [-0.2, -0.15) is 0 Å². The largest absolute Gasteiger partial charge is 0.309 e. The van der Waals surface area contributed by atoms with Crippen LogP contribution in [0.2, 0.25) is 10.0 Å². The van der Waals surface area contributed by atoms with E-state index in [1.165, 1.54) is 11.5 Å². The molecule has 0 saturated heterocycles. The summed E-state index contributed by atoms with van der Waals surface area (Å²) in [7, 11) is 0. The topological polar surface area (TPSA) is 37.8 Å². The van der Waals surface area contributed by atoms with E-state index in [1.54, 1.807) is 6.20 Å². The Hall–Kier alpha value is -0.680. The smallest absolute Gasteiger partial charge is 0.0669 e. The van der Waals surface area contributed by atoms with Crippen LogP contribution in [0.3, 0.4) is 0 Å². The lowest BCUT2D eigenvalue weighted by Gasteiger charge is -2.15. The predicted molar refractivity (Wildman–Crippen MR) is 76.5 cm³/mol. The summed E-state index contributed by atoms with van der Waals surface area (Å²) in [5.41, 5.74) is 1.14. The fourth-order valence-electron chi connectivity index (χ4n) is 1.75. The van der Waals surface area contributed by atoms with E-state index in [0.29, 0.717) is 10.0 Å². The summed E-state index contributed by atoms with van der Waals surface area (Å²) < 4.78 is 3.90. The van der Waals surface area contributed by atoms with E-state index >= 15 is 0 Å². The molecule has 0 amide bonds. The molecule has 1 unspecified atom stereocenters. The van der Waals surface area contributed by atoms with Gasteiger partial charge in [0, 0.05) is 6.04 Å². The highest BCUT2D eigenvalue weighted by Gasteiger charge is 2.14. The minimum Gasteiger partial charge on any atom is -0.309 e. The molecule has 6 heteroatoms. The molecule has 1 atom stereocenters. The third-order valence-corrected chi connectivity index (χ3v) is 4.11. The summed E-state index contributed by atoms with van der Waals surface area (Å²) in [6.45, 7) is 2.97. The molecule has 2 aromatic rings. The van der Waals surface area contributed by atoms with Crippen molar-refractivity contribution in [2.45, 2.75) is 19.4 Å². The van der Waals surface area contributed by atoms with Crippen LogP contribution in [0.1, 0.15) is 23.4 Å². The molecule has 2 rings (SSSR count). The van der Waals surface area contributed by atoms with Crippen LogP contribution in [0.25, 0.3) is 0 Å². The standard InChI is InChI=1S/C12H13Cl2N3S/c1-2-15-11(12-7-16-17-18-12)6-8-3-4-9(13)10(14)5-8/h3-5,7,11,15H,2,6H2,1H3. The third kappa shape index (κ3) is 3.42. The van der Waals surface area contributed by atoms with Crippen LogP contribution in [0.5, 0.6) is 0 Å². The zero-order valence-electron chi connectivity index (χ0n) is 9.86. The number of benzene rings is 1. The van der Waals surface area contributed by atoms with Crippen LogP contribution in [0.15, 0.2) is 24.4 Å². The van der Waals surface area contributed by atoms with Crippen molar-refractivity contribution in [1.82, 2.24) is 14.9 Å². The number of halogens is 2. The maximum Gasteiger partial charge on any atom is 0.0669 e. The van der Waals surface area contributed by atoms with Crippen molar-refractivity contribution in [2.24, 2.45) is 0 Å². The number of nitrogens with zero attached hydrogens (tertiary/aromatic N) is 2. The summed E-state index contributed by atoms with van der Waals surface area (Å²) >= 11 is 13.4. The lowest BCUT2D eigenvalue weighted by molar-refractivity contribution is 0.557. The van der Waals surface area contributed by atoms with Crippen LogP contribution in [-0.2, 0) is 6.42 Å². The average Bonchev–Trinajstić information content (AvgIpc) is 2.87. The molecule has 0 fully saturated rings. The van der Waals surface area contributed by atoms with Gasteiger partial charge >= 0.3 is 0 Å². The normalized spacial score (nSPS) is 12.6. The Morgan fingerprint density at radius 1 is 1.33 bits per heavy atom. The molecule has 0 bridgehead atoms. The molecule has 96 valence electrons.